The molecule has 3 aliphatic carbocycles. The van der Waals surface area contributed by atoms with Gasteiger partial charge in [0.1, 0.15) is 5.78 Å². The van der Waals surface area contributed by atoms with Gasteiger partial charge in [-0.3, -0.25) is 4.79 Å². The normalized spacial score (nSPS) is 37.6. The van der Waals surface area contributed by atoms with Crippen molar-refractivity contribution in [3.63, 3.8) is 0 Å². The molecule has 0 aromatic heterocycles. The molecule has 0 bridgehead atoms. The molecule has 1 fully saturated rings. The highest BCUT2D eigenvalue weighted by Gasteiger charge is 2.49. The van der Waals surface area contributed by atoms with Crippen LogP contribution in [0.2, 0.25) is 0 Å². The zero-order chi connectivity index (χ0) is 12.6. The van der Waals surface area contributed by atoms with E-state index in [-0.39, 0.29) is 5.41 Å². The molecule has 3 rings (SSSR count). The second-order valence-electron chi connectivity index (χ2n) is 6.70. The van der Waals surface area contributed by atoms with Crippen LogP contribution in [0.3, 0.4) is 0 Å². The molecule has 18 heavy (non-hydrogen) atoms. The van der Waals surface area contributed by atoms with Gasteiger partial charge in [0.2, 0.25) is 0 Å². The van der Waals surface area contributed by atoms with E-state index in [4.69, 9.17) is 0 Å². The van der Waals surface area contributed by atoms with E-state index in [1.54, 1.807) is 11.1 Å². The second-order valence-corrected chi connectivity index (χ2v) is 6.70. The van der Waals surface area contributed by atoms with Gasteiger partial charge in [-0.15, -0.1) is 0 Å². The van der Waals surface area contributed by atoms with E-state index in [0.717, 1.165) is 19.3 Å². The Morgan fingerprint density at radius 2 is 1.67 bits per heavy atom. The molecule has 0 aromatic rings. The largest absolute Gasteiger partial charge is 0.299 e. The first-order valence-electron chi connectivity index (χ1n) is 7.98. The third-order valence-corrected chi connectivity index (χ3v) is 5.94. The van der Waals surface area contributed by atoms with Gasteiger partial charge in [0.25, 0.3) is 0 Å². The van der Waals surface area contributed by atoms with Gasteiger partial charge in [-0.1, -0.05) is 30.9 Å². The first-order chi connectivity index (χ1) is 8.74. The molecule has 0 amide bonds. The van der Waals surface area contributed by atoms with E-state index < -0.39 is 0 Å². The fourth-order valence-electron chi connectivity index (χ4n) is 4.75. The maximum absolute atomic E-state index is 12.4. The molecule has 1 spiro atoms. The number of ketones is 1. The Morgan fingerprint density at radius 1 is 0.889 bits per heavy atom. The first-order valence-corrected chi connectivity index (χ1v) is 7.98. The van der Waals surface area contributed by atoms with Crippen molar-refractivity contribution in [2.75, 3.05) is 0 Å². The molecule has 1 heteroatoms. The lowest BCUT2D eigenvalue weighted by Gasteiger charge is -2.42. The van der Waals surface area contributed by atoms with Crippen molar-refractivity contribution in [2.24, 2.45) is 11.3 Å². The van der Waals surface area contributed by atoms with E-state index in [0.29, 0.717) is 11.7 Å². The molecule has 0 aromatic carbocycles. The van der Waals surface area contributed by atoms with Crippen LogP contribution in [0.15, 0.2) is 11.1 Å². The highest BCUT2D eigenvalue weighted by Crippen LogP contribution is 2.53. The van der Waals surface area contributed by atoms with Gasteiger partial charge in [0, 0.05) is 11.8 Å². The summed E-state index contributed by atoms with van der Waals surface area (Å²) in [6, 6.07) is 0. The quantitative estimate of drug-likeness (QED) is 0.561. The van der Waals surface area contributed by atoms with E-state index in [9.17, 15) is 4.79 Å². The van der Waals surface area contributed by atoms with Crippen molar-refractivity contribution in [2.45, 2.75) is 77.6 Å². The zero-order valence-corrected chi connectivity index (χ0v) is 11.8. The molecule has 0 N–H and O–H groups in total. The standard InChI is InChI=1S/C17H26O/c1-13-15-8-5-3-2-4-7-14(15)10-12-17(13)11-6-9-16(17)18/h13H,2-12H2,1H3/t13-,17-/m0/s1. The molecule has 0 heterocycles. The lowest BCUT2D eigenvalue weighted by atomic mass is 9.61. The average Bonchev–Trinajstić information content (AvgIpc) is 2.68. The number of carbonyl (C=O) groups is 1. The van der Waals surface area contributed by atoms with E-state index >= 15 is 0 Å². The summed E-state index contributed by atoms with van der Waals surface area (Å²) in [5.74, 6) is 1.14. The Hall–Kier alpha value is -0.590. The van der Waals surface area contributed by atoms with Gasteiger partial charge in [-0.2, -0.15) is 0 Å². The van der Waals surface area contributed by atoms with E-state index in [1.807, 2.05) is 0 Å². The van der Waals surface area contributed by atoms with Gasteiger partial charge in [-0.25, -0.2) is 0 Å². The summed E-state index contributed by atoms with van der Waals surface area (Å²) in [5, 5.41) is 0. The van der Waals surface area contributed by atoms with Crippen LogP contribution in [0, 0.1) is 11.3 Å². The van der Waals surface area contributed by atoms with Crippen LogP contribution in [0.1, 0.15) is 77.6 Å². The molecule has 0 unspecified atom stereocenters. The number of Topliss-reactive ketones (excluding diaryl/α,β-unsaturated/α-hetero) is 1. The number of allylic oxidation sites excluding steroid dienone is 2. The van der Waals surface area contributed by atoms with Crippen LogP contribution in [0.25, 0.3) is 0 Å². The molecule has 1 nitrogen and oxygen atoms in total. The van der Waals surface area contributed by atoms with Crippen molar-refractivity contribution in [1.29, 1.82) is 0 Å². The maximum Gasteiger partial charge on any atom is 0.139 e. The molecule has 100 valence electrons. The van der Waals surface area contributed by atoms with Crippen LogP contribution >= 0.6 is 0 Å². The SMILES string of the molecule is C[C@H]1C2=C(CCCCCC2)CC[C@@]12CCCC2=O. The minimum Gasteiger partial charge on any atom is -0.299 e. The van der Waals surface area contributed by atoms with Gasteiger partial charge in [0.05, 0.1) is 0 Å². The molecule has 2 atom stereocenters. The third-order valence-electron chi connectivity index (χ3n) is 5.94. The lowest BCUT2D eigenvalue weighted by molar-refractivity contribution is -0.128. The fraction of sp³-hybridized carbons (Fsp3) is 0.824. The van der Waals surface area contributed by atoms with Crippen molar-refractivity contribution in [3.05, 3.63) is 11.1 Å². The minimum absolute atomic E-state index is 0.0675. The molecule has 3 aliphatic rings. The predicted molar refractivity (Wildman–Crippen MR) is 74.4 cm³/mol. The molecule has 0 saturated heterocycles. The molecule has 1 saturated carbocycles. The molecule has 0 aliphatic heterocycles. The fourth-order valence-corrected chi connectivity index (χ4v) is 4.75. The monoisotopic (exact) mass is 246 g/mol. The summed E-state index contributed by atoms with van der Waals surface area (Å²) in [4.78, 5) is 12.4. The van der Waals surface area contributed by atoms with Crippen LogP contribution in [0.5, 0.6) is 0 Å². The van der Waals surface area contributed by atoms with E-state index in [2.05, 4.69) is 6.92 Å². The Labute approximate surface area is 111 Å². The number of hydrogen-bond donors (Lipinski definition) is 0. The van der Waals surface area contributed by atoms with Crippen LogP contribution < -0.4 is 0 Å². The Bertz CT molecular complexity index is 379. The number of rotatable bonds is 0. The molecular formula is C17H26O. The Balaban J connectivity index is 1.91. The van der Waals surface area contributed by atoms with Crippen molar-refractivity contribution >= 4 is 5.78 Å². The topological polar surface area (TPSA) is 17.1 Å². The molecular weight excluding hydrogens is 220 g/mol. The smallest absolute Gasteiger partial charge is 0.139 e. The van der Waals surface area contributed by atoms with Gasteiger partial charge < -0.3 is 0 Å². The van der Waals surface area contributed by atoms with Crippen molar-refractivity contribution in [3.8, 4) is 0 Å². The summed E-state index contributed by atoms with van der Waals surface area (Å²) in [6.45, 7) is 2.36. The minimum atomic E-state index is 0.0675. The zero-order valence-electron chi connectivity index (χ0n) is 11.8. The third kappa shape index (κ3) is 1.87. The van der Waals surface area contributed by atoms with Crippen LogP contribution in [-0.4, -0.2) is 5.78 Å². The van der Waals surface area contributed by atoms with Crippen molar-refractivity contribution < 1.29 is 4.79 Å². The average molecular weight is 246 g/mol. The molecule has 0 radical (unpaired) electrons. The van der Waals surface area contributed by atoms with Gasteiger partial charge in [0.15, 0.2) is 0 Å². The van der Waals surface area contributed by atoms with Crippen molar-refractivity contribution in [1.82, 2.24) is 0 Å². The predicted octanol–water partition coefficient (Wildman–Crippen LogP) is 4.81. The first kappa shape index (κ1) is 12.4. The summed E-state index contributed by atoms with van der Waals surface area (Å²) in [7, 11) is 0. The van der Waals surface area contributed by atoms with Gasteiger partial charge >= 0.3 is 0 Å². The highest BCUT2D eigenvalue weighted by molar-refractivity contribution is 5.87. The summed E-state index contributed by atoms with van der Waals surface area (Å²) in [6.07, 6.45) is 13.7. The summed E-state index contributed by atoms with van der Waals surface area (Å²) >= 11 is 0. The highest BCUT2D eigenvalue weighted by atomic mass is 16.1. The lowest BCUT2D eigenvalue weighted by Crippen LogP contribution is -2.37. The summed E-state index contributed by atoms with van der Waals surface area (Å²) < 4.78 is 0. The maximum atomic E-state index is 12.4. The summed E-state index contributed by atoms with van der Waals surface area (Å²) in [5.41, 5.74) is 3.52. The van der Waals surface area contributed by atoms with Crippen LogP contribution in [-0.2, 0) is 4.79 Å². The Kier molecular flexibility index (Phi) is 3.34. The second kappa shape index (κ2) is 4.83. The van der Waals surface area contributed by atoms with E-state index in [1.165, 1.54) is 51.4 Å². The number of hydrogen-bond acceptors (Lipinski definition) is 1. The van der Waals surface area contributed by atoms with Crippen LogP contribution in [0.4, 0.5) is 0 Å². The Morgan fingerprint density at radius 3 is 2.39 bits per heavy atom. The number of carbonyl (C=O) groups excluding carboxylic acids is 1. The van der Waals surface area contributed by atoms with Gasteiger partial charge in [-0.05, 0) is 57.3 Å².